The van der Waals surface area contributed by atoms with Crippen molar-refractivity contribution in [2.45, 2.75) is 46.6 Å². The van der Waals surface area contributed by atoms with Gasteiger partial charge in [0, 0.05) is 42.6 Å². The minimum absolute atomic E-state index is 0.142. The fourth-order valence-corrected chi connectivity index (χ4v) is 2.21. The summed E-state index contributed by atoms with van der Waals surface area (Å²) in [6.07, 6.45) is 2.00. The molecule has 20 heavy (non-hydrogen) atoms. The van der Waals surface area contributed by atoms with Gasteiger partial charge in [0.1, 0.15) is 0 Å². The van der Waals surface area contributed by atoms with E-state index in [2.05, 4.69) is 37.9 Å². The maximum absolute atomic E-state index is 11.1. The van der Waals surface area contributed by atoms with Crippen molar-refractivity contribution in [3.63, 3.8) is 0 Å². The van der Waals surface area contributed by atoms with Gasteiger partial charge < -0.3 is 10.2 Å². The third kappa shape index (κ3) is 4.11. The van der Waals surface area contributed by atoms with E-state index in [1.807, 2.05) is 6.07 Å². The Bertz CT molecular complexity index is 449. The first-order valence-electron chi connectivity index (χ1n) is 7.33. The van der Waals surface area contributed by atoms with Gasteiger partial charge in [0.05, 0.1) is 4.92 Å². The van der Waals surface area contributed by atoms with Gasteiger partial charge in [0.2, 0.25) is 0 Å². The molecule has 0 aliphatic rings. The van der Waals surface area contributed by atoms with Crippen LogP contribution in [0.25, 0.3) is 0 Å². The molecule has 1 atom stereocenters. The molecule has 1 N–H and O–H groups in total. The van der Waals surface area contributed by atoms with Gasteiger partial charge in [-0.1, -0.05) is 13.8 Å². The number of hydrogen-bond acceptors (Lipinski definition) is 4. The lowest BCUT2D eigenvalue weighted by Gasteiger charge is -2.29. The standard InChI is InChI=1S/C15H25N3O2/c1-5-8-16-13-9-14(11-15(10-13)18(19)20)17(7-3)12(4)6-2/h9-12,16H,5-8H2,1-4H3. The summed E-state index contributed by atoms with van der Waals surface area (Å²) in [5, 5.41) is 14.3. The van der Waals surface area contributed by atoms with Crippen molar-refractivity contribution in [2.75, 3.05) is 23.3 Å². The van der Waals surface area contributed by atoms with E-state index in [-0.39, 0.29) is 10.6 Å². The summed E-state index contributed by atoms with van der Waals surface area (Å²) in [5.41, 5.74) is 1.87. The first kappa shape index (κ1) is 16.3. The number of hydrogen-bond donors (Lipinski definition) is 1. The maximum Gasteiger partial charge on any atom is 0.273 e. The van der Waals surface area contributed by atoms with Crippen LogP contribution in [-0.2, 0) is 0 Å². The van der Waals surface area contributed by atoms with Crippen LogP contribution in [0.5, 0.6) is 0 Å². The van der Waals surface area contributed by atoms with Gasteiger partial charge in [0.15, 0.2) is 0 Å². The summed E-state index contributed by atoms with van der Waals surface area (Å²) < 4.78 is 0. The van der Waals surface area contributed by atoms with Crippen LogP contribution in [0.4, 0.5) is 17.1 Å². The van der Waals surface area contributed by atoms with Gasteiger partial charge in [-0.25, -0.2) is 0 Å². The Hall–Kier alpha value is -1.78. The second kappa shape index (κ2) is 7.72. The first-order valence-corrected chi connectivity index (χ1v) is 7.33. The number of nitro benzene ring substituents is 1. The highest BCUT2D eigenvalue weighted by molar-refractivity contribution is 5.64. The Kier molecular flexibility index (Phi) is 6.28. The van der Waals surface area contributed by atoms with Crippen molar-refractivity contribution in [1.29, 1.82) is 0 Å². The van der Waals surface area contributed by atoms with E-state index < -0.39 is 0 Å². The number of benzene rings is 1. The number of non-ortho nitro benzene ring substituents is 1. The lowest BCUT2D eigenvalue weighted by atomic mass is 10.1. The lowest BCUT2D eigenvalue weighted by Crippen LogP contribution is -2.32. The van der Waals surface area contributed by atoms with Crippen LogP contribution < -0.4 is 10.2 Å². The molecule has 0 aliphatic heterocycles. The summed E-state index contributed by atoms with van der Waals surface area (Å²) in [7, 11) is 0. The number of rotatable bonds is 8. The van der Waals surface area contributed by atoms with Crippen molar-refractivity contribution in [2.24, 2.45) is 0 Å². The molecule has 1 aromatic carbocycles. The molecule has 0 aromatic heterocycles. The van der Waals surface area contributed by atoms with Crippen LogP contribution in [0.1, 0.15) is 40.5 Å². The molecule has 0 fully saturated rings. The third-order valence-corrected chi connectivity index (χ3v) is 3.49. The second-order valence-electron chi connectivity index (χ2n) is 4.97. The zero-order valence-electron chi connectivity index (χ0n) is 12.8. The van der Waals surface area contributed by atoms with Crippen molar-refractivity contribution >= 4 is 17.1 Å². The van der Waals surface area contributed by atoms with Crippen LogP contribution in [0.2, 0.25) is 0 Å². The van der Waals surface area contributed by atoms with Crippen LogP contribution in [0.15, 0.2) is 18.2 Å². The number of nitrogens with one attached hydrogen (secondary N) is 1. The Labute approximate surface area is 121 Å². The van der Waals surface area contributed by atoms with E-state index >= 15 is 0 Å². The molecule has 5 nitrogen and oxygen atoms in total. The average molecular weight is 279 g/mol. The summed E-state index contributed by atoms with van der Waals surface area (Å²) in [6.45, 7) is 10.1. The van der Waals surface area contributed by atoms with Gasteiger partial charge in [-0.3, -0.25) is 10.1 Å². The van der Waals surface area contributed by atoms with Crippen molar-refractivity contribution in [3.05, 3.63) is 28.3 Å². The van der Waals surface area contributed by atoms with Crippen molar-refractivity contribution in [1.82, 2.24) is 0 Å². The van der Waals surface area contributed by atoms with Gasteiger partial charge in [-0.05, 0) is 32.8 Å². The van der Waals surface area contributed by atoms with Crippen LogP contribution in [0, 0.1) is 10.1 Å². The van der Waals surface area contributed by atoms with Crippen LogP contribution in [0.3, 0.4) is 0 Å². The molecule has 0 aliphatic carbocycles. The number of anilines is 2. The largest absolute Gasteiger partial charge is 0.385 e. The lowest BCUT2D eigenvalue weighted by molar-refractivity contribution is -0.384. The average Bonchev–Trinajstić information content (AvgIpc) is 2.45. The minimum atomic E-state index is -0.328. The van der Waals surface area contributed by atoms with Crippen LogP contribution >= 0.6 is 0 Å². The molecule has 0 saturated carbocycles. The first-order chi connectivity index (χ1) is 9.53. The smallest absolute Gasteiger partial charge is 0.273 e. The van der Waals surface area contributed by atoms with E-state index in [4.69, 9.17) is 0 Å². The normalized spacial score (nSPS) is 12.0. The van der Waals surface area contributed by atoms with E-state index in [0.717, 1.165) is 37.3 Å². The van der Waals surface area contributed by atoms with Crippen molar-refractivity contribution in [3.8, 4) is 0 Å². The van der Waals surface area contributed by atoms with E-state index in [1.165, 1.54) is 0 Å². The van der Waals surface area contributed by atoms with Crippen molar-refractivity contribution < 1.29 is 4.92 Å². The van der Waals surface area contributed by atoms with Gasteiger partial charge in [-0.15, -0.1) is 0 Å². The molecule has 0 saturated heterocycles. The molecule has 5 heteroatoms. The Morgan fingerprint density at radius 2 is 2.00 bits per heavy atom. The molecule has 0 spiro atoms. The molecule has 1 aromatic rings. The zero-order valence-corrected chi connectivity index (χ0v) is 12.8. The van der Waals surface area contributed by atoms with Gasteiger partial charge in [-0.2, -0.15) is 0 Å². The predicted molar refractivity (Wildman–Crippen MR) is 84.7 cm³/mol. The summed E-state index contributed by atoms with van der Waals surface area (Å²) in [6, 6.07) is 5.62. The van der Waals surface area contributed by atoms with Gasteiger partial charge in [0.25, 0.3) is 5.69 Å². The Morgan fingerprint density at radius 1 is 1.30 bits per heavy atom. The number of nitrogens with zero attached hydrogens (tertiary/aromatic N) is 2. The van der Waals surface area contributed by atoms with Crippen LogP contribution in [-0.4, -0.2) is 24.1 Å². The molecular formula is C15H25N3O2. The SMILES string of the molecule is CCCNc1cc(N(CC)C(C)CC)cc([N+](=O)[O-])c1. The fraction of sp³-hybridized carbons (Fsp3) is 0.600. The molecule has 0 amide bonds. The monoisotopic (exact) mass is 279 g/mol. The summed E-state index contributed by atoms with van der Waals surface area (Å²) in [5.74, 6) is 0. The van der Waals surface area contributed by atoms with E-state index in [1.54, 1.807) is 12.1 Å². The Balaban J connectivity index is 3.15. The van der Waals surface area contributed by atoms with E-state index in [0.29, 0.717) is 6.04 Å². The summed E-state index contributed by atoms with van der Waals surface area (Å²) >= 11 is 0. The maximum atomic E-state index is 11.1. The molecule has 0 heterocycles. The second-order valence-corrected chi connectivity index (χ2v) is 4.97. The topological polar surface area (TPSA) is 58.4 Å². The Morgan fingerprint density at radius 3 is 2.50 bits per heavy atom. The van der Waals surface area contributed by atoms with Gasteiger partial charge >= 0.3 is 0 Å². The minimum Gasteiger partial charge on any atom is -0.385 e. The zero-order chi connectivity index (χ0) is 15.1. The third-order valence-electron chi connectivity index (χ3n) is 3.49. The summed E-state index contributed by atoms with van der Waals surface area (Å²) in [4.78, 5) is 13.0. The van der Waals surface area contributed by atoms with E-state index in [9.17, 15) is 10.1 Å². The predicted octanol–water partition coefficient (Wildman–Crippen LogP) is 4.04. The highest BCUT2D eigenvalue weighted by Crippen LogP contribution is 2.28. The number of nitro groups is 1. The quantitative estimate of drug-likeness (QED) is 0.576. The highest BCUT2D eigenvalue weighted by Gasteiger charge is 2.16. The molecular weight excluding hydrogens is 254 g/mol. The molecule has 0 bridgehead atoms. The fourth-order valence-electron chi connectivity index (χ4n) is 2.21. The molecule has 112 valence electrons. The molecule has 1 rings (SSSR count). The molecule has 1 unspecified atom stereocenters. The highest BCUT2D eigenvalue weighted by atomic mass is 16.6. The molecule has 0 radical (unpaired) electrons.